The molecule has 3 aromatic rings. The zero-order valence-corrected chi connectivity index (χ0v) is 11.5. The van der Waals surface area contributed by atoms with E-state index in [0.29, 0.717) is 0 Å². The molecule has 2 heterocycles. The van der Waals surface area contributed by atoms with E-state index in [-0.39, 0.29) is 6.04 Å². The molecule has 0 aliphatic carbocycles. The highest BCUT2D eigenvalue weighted by molar-refractivity contribution is 5.78. The van der Waals surface area contributed by atoms with Gasteiger partial charge in [-0.3, -0.25) is 9.97 Å². The van der Waals surface area contributed by atoms with Gasteiger partial charge in [0.2, 0.25) is 0 Å². The molecule has 0 spiro atoms. The standard InChI is InChI=1S/C17H17N3/c1-13(15-6-4-10-18-11-15)19-12-16-9-8-14-5-2-3-7-17(14)20-16/h2-11,13,19H,12H2,1H3/t13-/m0/s1. The lowest BCUT2D eigenvalue weighted by Crippen LogP contribution is -2.18. The molecule has 3 rings (SSSR count). The first kappa shape index (κ1) is 12.8. The lowest BCUT2D eigenvalue weighted by molar-refractivity contribution is 0.567. The molecule has 0 radical (unpaired) electrons. The van der Waals surface area contributed by atoms with Gasteiger partial charge in [0, 0.05) is 30.4 Å². The van der Waals surface area contributed by atoms with Crippen molar-refractivity contribution in [1.29, 1.82) is 0 Å². The van der Waals surface area contributed by atoms with E-state index in [9.17, 15) is 0 Å². The van der Waals surface area contributed by atoms with Crippen molar-refractivity contribution >= 4 is 10.9 Å². The Morgan fingerprint density at radius 3 is 2.80 bits per heavy atom. The Bertz CT molecular complexity index is 695. The molecule has 0 unspecified atom stereocenters. The van der Waals surface area contributed by atoms with Crippen LogP contribution >= 0.6 is 0 Å². The van der Waals surface area contributed by atoms with Crippen LogP contribution < -0.4 is 5.32 Å². The molecule has 0 fully saturated rings. The molecule has 0 bridgehead atoms. The second-order valence-corrected chi connectivity index (χ2v) is 4.88. The second kappa shape index (κ2) is 5.80. The third-order valence-electron chi connectivity index (χ3n) is 3.43. The monoisotopic (exact) mass is 263 g/mol. The molecular formula is C17H17N3. The average Bonchev–Trinajstić information content (AvgIpc) is 2.53. The van der Waals surface area contributed by atoms with Gasteiger partial charge >= 0.3 is 0 Å². The smallest absolute Gasteiger partial charge is 0.0705 e. The van der Waals surface area contributed by atoms with Crippen LogP contribution in [-0.2, 0) is 6.54 Å². The van der Waals surface area contributed by atoms with Crippen LogP contribution in [0.5, 0.6) is 0 Å². The van der Waals surface area contributed by atoms with Crippen molar-refractivity contribution in [3.8, 4) is 0 Å². The van der Waals surface area contributed by atoms with Gasteiger partial charge in [-0.1, -0.05) is 30.3 Å². The minimum atomic E-state index is 0.261. The van der Waals surface area contributed by atoms with Crippen molar-refractivity contribution in [2.75, 3.05) is 0 Å². The molecule has 1 atom stereocenters. The fourth-order valence-corrected chi connectivity index (χ4v) is 2.21. The molecule has 0 aliphatic heterocycles. The lowest BCUT2D eigenvalue weighted by Gasteiger charge is -2.13. The zero-order chi connectivity index (χ0) is 13.8. The van der Waals surface area contributed by atoms with Crippen molar-refractivity contribution in [3.63, 3.8) is 0 Å². The molecular weight excluding hydrogens is 246 g/mol. The van der Waals surface area contributed by atoms with Crippen molar-refractivity contribution in [1.82, 2.24) is 15.3 Å². The maximum absolute atomic E-state index is 4.66. The third-order valence-corrected chi connectivity index (χ3v) is 3.43. The molecule has 20 heavy (non-hydrogen) atoms. The summed E-state index contributed by atoms with van der Waals surface area (Å²) in [5.41, 5.74) is 3.29. The number of benzene rings is 1. The summed E-state index contributed by atoms with van der Waals surface area (Å²) in [6.45, 7) is 2.89. The summed E-state index contributed by atoms with van der Waals surface area (Å²) in [6.07, 6.45) is 3.69. The van der Waals surface area contributed by atoms with E-state index in [4.69, 9.17) is 0 Å². The van der Waals surface area contributed by atoms with Gasteiger partial charge in [-0.25, -0.2) is 0 Å². The predicted molar refractivity (Wildman–Crippen MR) is 81.2 cm³/mol. The number of fused-ring (bicyclic) bond motifs is 1. The first-order valence-electron chi connectivity index (χ1n) is 6.81. The second-order valence-electron chi connectivity index (χ2n) is 4.88. The Hall–Kier alpha value is -2.26. The van der Waals surface area contributed by atoms with Crippen molar-refractivity contribution in [2.45, 2.75) is 19.5 Å². The number of rotatable bonds is 4. The maximum atomic E-state index is 4.66. The Kier molecular flexibility index (Phi) is 3.70. The highest BCUT2D eigenvalue weighted by Gasteiger charge is 2.05. The molecule has 0 amide bonds. The van der Waals surface area contributed by atoms with E-state index in [1.807, 2.05) is 30.5 Å². The number of nitrogens with zero attached hydrogens (tertiary/aromatic N) is 2. The van der Waals surface area contributed by atoms with Gasteiger partial charge in [0.15, 0.2) is 0 Å². The Balaban J connectivity index is 1.70. The summed E-state index contributed by atoms with van der Waals surface area (Å²) >= 11 is 0. The normalized spacial score (nSPS) is 12.4. The quantitative estimate of drug-likeness (QED) is 0.783. The SMILES string of the molecule is C[C@H](NCc1ccc2ccccc2n1)c1cccnc1. The molecule has 0 saturated carbocycles. The molecule has 3 nitrogen and oxygen atoms in total. The lowest BCUT2D eigenvalue weighted by atomic mass is 10.1. The Morgan fingerprint density at radius 2 is 1.95 bits per heavy atom. The van der Waals surface area contributed by atoms with E-state index in [1.165, 1.54) is 10.9 Å². The van der Waals surface area contributed by atoms with Crippen LogP contribution in [0.15, 0.2) is 60.9 Å². The van der Waals surface area contributed by atoms with Crippen LogP contribution in [0.4, 0.5) is 0 Å². The van der Waals surface area contributed by atoms with Crippen LogP contribution in [0, 0.1) is 0 Å². The fourth-order valence-electron chi connectivity index (χ4n) is 2.21. The van der Waals surface area contributed by atoms with Gasteiger partial charge in [0.25, 0.3) is 0 Å². The fraction of sp³-hybridized carbons (Fsp3) is 0.176. The largest absolute Gasteiger partial charge is 0.305 e. The van der Waals surface area contributed by atoms with Gasteiger partial charge in [-0.2, -0.15) is 0 Å². The Morgan fingerprint density at radius 1 is 1.05 bits per heavy atom. The topological polar surface area (TPSA) is 37.8 Å². The van der Waals surface area contributed by atoms with Crippen molar-refractivity contribution < 1.29 is 0 Å². The van der Waals surface area contributed by atoms with E-state index in [1.54, 1.807) is 6.20 Å². The summed E-state index contributed by atoms with van der Waals surface area (Å²) in [4.78, 5) is 8.81. The number of hydrogen-bond acceptors (Lipinski definition) is 3. The number of pyridine rings is 2. The number of hydrogen-bond donors (Lipinski definition) is 1. The van der Waals surface area contributed by atoms with Gasteiger partial charge in [-0.05, 0) is 30.7 Å². The molecule has 100 valence electrons. The summed E-state index contributed by atoms with van der Waals surface area (Å²) < 4.78 is 0. The van der Waals surface area contributed by atoms with Crippen LogP contribution in [0.25, 0.3) is 10.9 Å². The number of aromatic nitrogens is 2. The number of para-hydroxylation sites is 1. The van der Waals surface area contributed by atoms with E-state index >= 15 is 0 Å². The van der Waals surface area contributed by atoms with Crippen LogP contribution in [0.1, 0.15) is 24.2 Å². The van der Waals surface area contributed by atoms with E-state index < -0.39 is 0 Å². The first-order valence-corrected chi connectivity index (χ1v) is 6.81. The van der Waals surface area contributed by atoms with Gasteiger partial charge in [0.1, 0.15) is 0 Å². The molecule has 1 N–H and O–H groups in total. The van der Waals surface area contributed by atoms with Crippen molar-refractivity contribution in [2.24, 2.45) is 0 Å². The van der Waals surface area contributed by atoms with E-state index in [2.05, 4.69) is 46.5 Å². The number of nitrogens with one attached hydrogen (secondary N) is 1. The summed E-state index contributed by atoms with van der Waals surface area (Å²) in [7, 11) is 0. The molecule has 1 aromatic carbocycles. The predicted octanol–water partition coefficient (Wildman–Crippen LogP) is 3.48. The molecule has 0 saturated heterocycles. The first-order chi connectivity index (χ1) is 9.83. The summed E-state index contributed by atoms with van der Waals surface area (Å²) in [5.74, 6) is 0. The Labute approximate surface area is 118 Å². The van der Waals surface area contributed by atoms with Gasteiger partial charge in [0.05, 0.1) is 11.2 Å². The third kappa shape index (κ3) is 2.83. The van der Waals surface area contributed by atoms with E-state index in [0.717, 1.165) is 17.8 Å². The van der Waals surface area contributed by atoms with Crippen molar-refractivity contribution in [3.05, 3.63) is 72.2 Å². The highest BCUT2D eigenvalue weighted by atomic mass is 14.9. The minimum Gasteiger partial charge on any atom is -0.305 e. The van der Waals surface area contributed by atoms with Gasteiger partial charge in [-0.15, -0.1) is 0 Å². The summed E-state index contributed by atoms with van der Waals surface area (Å²) in [6, 6.07) is 16.7. The van der Waals surface area contributed by atoms with Crippen LogP contribution in [-0.4, -0.2) is 9.97 Å². The van der Waals surface area contributed by atoms with Gasteiger partial charge < -0.3 is 5.32 Å². The molecule has 0 aliphatic rings. The van der Waals surface area contributed by atoms with Crippen LogP contribution in [0.3, 0.4) is 0 Å². The minimum absolute atomic E-state index is 0.261. The average molecular weight is 263 g/mol. The molecule has 2 aromatic heterocycles. The molecule has 3 heteroatoms. The summed E-state index contributed by atoms with van der Waals surface area (Å²) in [5, 5.41) is 4.65. The van der Waals surface area contributed by atoms with Crippen LogP contribution in [0.2, 0.25) is 0 Å². The highest BCUT2D eigenvalue weighted by Crippen LogP contribution is 2.14. The zero-order valence-electron chi connectivity index (χ0n) is 11.5. The maximum Gasteiger partial charge on any atom is 0.0705 e.